The number of anilines is 1. The molecule has 0 aliphatic carbocycles. The summed E-state index contributed by atoms with van der Waals surface area (Å²) in [5.74, 6) is -1.31. The topological polar surface area (TPSA) is 189 Å². The number of aliphatic hydroxyl groups excluding tert-OH is 2. The van der Waals surface area contributed by atoms with Crippen LogP contribution in [0.4, 0.5) is 5.82 Å². The van der Waals surface area contributed by atoms with Crippen molar-refractivity contribution in [1.82, 2.24) is 24.8 Å². The van der Waals surface area contributed by atoms with E-state index in [1.54, 1.807) is 6.08 Å². The minimum Gasteiger partial charge on any atom is -0.504 e. The fourth-order valence-electron chi connectivity index (χ4n) is 4.47. The summed E-state index contributed by atoms with van der Waals surface area (Å²) in [7, 11) is 0. The van der Waals surface area contributed by atoms with E-state index < -0.39 is 36.2 Å². The molecule has 7 N–H and O–H groups in total. The molecule has 202 valence electrons. The highest BCUT2D eigenvalue weighted by Gasteiger charge is 2.43. The number of phenolic OH excluding ortho intramolecular Hbond substituents is 2. The molecule has 12 nitrogen and oxygen atoms in total. The third kappa shape index (κ3) is 5.25. The summed E-state index contributed by atoms with van der Waals surface area (Å²) in [6, 6.07) is 10.8. The lowest BCUT2D eigenvalue weighted by molar-refractivity contribution is -0.0245. The minimum absolute atomic E-state index is 0.0341. The number of fused-ring (bicyclic) bond motifs is 1. The number of rotatable bonds is 7. The van der Waals surface area contributed by atoms with Gasteiger partial charge in [0, 0.05) is 6.54 Å². The molecule has 1 unspecified atom stereocenters. The lowest BCUT2D eigenvalue weighted by Gasteiger charge is -2.16. The van der Waals surface area contributed by atoms with Gasteiger partial charge in [-0.15, -0.1) is 0 Å². The van der Waals surface area contributed by atoms with Gasteiger partial charge >= 0.3 is 0 Å². The highest BCUT2D eigenvalue weighted by atomic mass is 16.6. The predicted octanol–water partition coefficient (Wildman–Crippen LogP) is 1.32. The van der Waals surface area contributed by atoms with Crippen molar-refractivity contribution in [3.05, 3.63) is 83.5 Å². The van der Waals surface area contributed by atoms with Crippen molar-refractivity contribution in [1.29, 1.82) is 0 Å². The second kappa shape index (κ2) is 10.7. The van der Waals surface area contributed by atoms with Crippen LogP contribution in [0.1, 0.15) is 33.3 Å². The quantitative estimate of drug-likeness (QED) is 0.150. The number of carbonyl (C=O) groups excluding carboxylic acids is 1. The lowest BCUT2D eigenvalue weighted by Crippen LogP contribution is -2.31. The van der Waals surface area contributed by atoms with E-state index in [-0.39, 0.29) is 23.7 Å². The number of aromatic nitrogens is 4. The molecular formula is C27H28N6O6. The van der Waals surface area contributed by atoms with Crippen LogP contribution in [0.3, 0.4) is 0 Å². The number of nitrogen functional groups attached to an aromatic ring is 1. The van der Waals surface area contributed by atoms with Crippen LogP contribution in [0.5, 0.6) is 11.5 Å². The molecule has 1 fully saturated rings. The number of hydrogen-bond acceptors (Lipinski definition) is 10. The number of benzene rings is 2. The Bertz CT molecular complexity index is 1540. The van der Waals surface area contributed by atoms with Crippen LogP contribution in [0.25, 0.3) is 11.2 Å². The standard InChI is InChI=1S/C27H28N6O6/c1-14-4-6-15(7-5-14)9-16-10-17(21(35)18(34)11-16)26(38)29-8-2-3-19-22(36)23(37)27(39-19)33-13-32-20-24(28)30-12-31-25(20)33/h2-7,10-13,19,22-23,27,34-37H,8-9H2,1H3,(H,29,38)(H2,28,30,31)/b3-2+/t19-,22+,23?,27-/m1/s1. The maximum atomic E-state index is 12.8. The van der Waals surface area contributed by atoms with E-state index in [0.717, 1.165) is 11.1 Å². The molecule has 5 rings (SSSR count). The van der Waals surface area contributed by atoms with Crippen LogP contribution in [0.2, 0.25) is 0 Å². The smallest absolute Gasteiger partial charge is 0.255 e. The van der Waals surface area contributed by atoms with Gasteiger partial charge in [0.2, 0.25) is 0 Å². The summed E-state index contributed by atoms with van der Waals surface area (Å²) in [5.41, 5.74) is 9.23. The molecular weight excluding hydrogens is 504 g/mol. The van der Waals surface area contributed by atoms with Crippen molar-refractivity contribution < 1.29 is 30.0 Å². The van der Waals surface area contributed by atoms with E-state index in [1.165, 1.54) is 35.4 Å². The number of nitrogens with zero attached hydrogens (tertiary/aromatic N) is 4. The molecule has 2 aromatic carbocycles. The van der Waals surface area contributed by atoms with Gasteiger partial charge < -0.3 is 36.2 Å². The van der Waals surface area contributed by atoms with Gasteiger partial charge in [0.25, 0.3) is 5.91 Å². The monoisotopic (exact) mass is 532 g/mol. The molecule has 0 bridgehead atoms. The Morgan fingerprint density at radius 1 is 1.10 bits per heavy atom. The summed E-state index contributed by atoms with van der Waals surface area (Å²) in [4.78, 5) is 24.9. The number of imidazole rings is 1. The predicted molar refractivity (Wildman–Crippen MR) is 141 cm³/mol. The van der Waals surface area contributed by atoms with Gasteiger partial charge in [-0.3, -0.25) is 9.36 Å². The van der Waals surface area contributed by atoms with Crippen molar-refractivity contribution in [2.75, 3.05) is 12.3 Å². The Balaban J connectivity index is 1.23. The maximum absolute atomic E-state index is 12.8. The number of aliphatic hydroxyl groups is 2. The van der Waals surface area contributed by atoms with Gasteiger partial charge in [-0.2, -0.15) is 0 Å². The average Bonchev–Trinajstić information content (AvgIpc) is 3.47. The van der Waals surface area contributed by atoms with Crippen molar-refractivity contribution >= 4 is 22.9 Å². The molecule has 3 heterocycles. The van der Waals surface area contributed by atoms with Crippen LogP contribution < -0.4 is 11.1 Å². The van der Waals surface area contributed by atoms with E-state index >= 15 is 0 Å². The van der Waals surface area contributed by atoms with Crippen LogP contribution in [-0.4, -0.2) is 70.7 Å². The average molecular weight is 533 g/mol. The van der Waals surface area contributed by atoms with Gasteiger partial charge in [0.15, 0.2) is 29.2 Å². The van der Waals surface area contributed by atoms with E-state index in [0.29, 0.717) is 23.1 Å². The number of carbonyl (C=O) groups is 1. The van der Waals surface area contributed by atoms with E-state index in [2.05, 4.69) is 20.3 Å². The van der Waals surface area contributed by atoms with Gasteiger partial charge in [0.1, 0.15) is 30.2 Å². The second-order valence-electron chi connectivity index (χ2n) is 9.37. The third-order valence-electron chi connectivity index (χ3n) is 6.57. The van der Waals surface area contributed by atoms with Gasteiger partial charge in [-0.1, -0.05) is 42.0 Å². The Hall–Kier alpha value is -4.52. The van der Waals surface area contributed by atoms with Crippen molar-refractivity contribution in [3.8, 4) is 11.5 Å². The number of phenols is 2. The SMILES string of the molecule is Cc1ccc(Cc2cc(O)c(O)c(C(=O)NC/C=C/[C@H]3O[C@@H](n4cnc5c(N)ncnc54)C(O)[C@H]3O)c2)cc1. The normalized spacial score (nSPS) is 21.1. The fraction of sp³-hybridized carbons (Fsp3) is 0.259. The molecule has 4 atom stereocenters. The van der Waals surface area contributed by atoms with Crippen LogP contribution in [0.15, 0.2) is 61.2 Å². The third-order valence-corrected chi connectivity index (χ3v) is 6.57. The number of aryl methyl sites for hydroxylation is 1. The van der Waals surface area contributed by atoms with E-state index in [4.69, 9.17) is 10.5 Å². The molecule has 1 aliphatic rings. The Labute approximate surface area is 223 Å². The number of aromatic hydroxyl groups is 2. The summed E-state index contributed by atoms with van der Waals surface area (Å²) in [6.45, 7) is 2.02. The second-order valence-corrected chi connectivity index (χ2v) is 9.37. The van der Waals surface area contributed by atoms with Crippen molar-refractivity contribution in [3.63, 3.8) is 0 Å². The molecule has 2 aromatic heterocycles. The molecule has 1 aliphatic heterocycles. The maximum Gasteiger partial charge on any atom is 0.255 e. The first-order chi connectivity index (χ1) is 18.7. The Morgan fingerprint density at radius 3 is 2.64 bits per heavy atom. The van der Waals surface area contributed by atoms with E-state index in [1.807, 2.05) is 31.2 Å². The summed E-state index contributed by atoms with van der Waals surface area (Å²) < 4.78 is 7.30. The molecule has 39 heavy (non-hydrogen) atoms. The van der Waals surface area contributed by atoms with Gasteiger partial charge in [-0.25, -0.2) is 15.0 Å². The molecule has 12 heteroatoms. The van der Waals surface area contributed by atoms with Gasteiger partial charge in [0.05, 0.1) is 11.9 Å². The largest absolute Gasteiger partial charge is 0.504 e. The zero-order valence-corrected chi connectivity index (χ0v) is 21.0. The van der Waals surface area contributed by atoms with Crippen molar-refractivity contribution in [2.24, 2.45) is 0 Å². The highest BCUT2D eigenvalue weighted by molar-refractivity contribution is 5.98. The Kier molecular flexibility index (Phi) is 7.15. The van der Waals surface area contributed by atoms with Crippen LogP contribution >= 0.6 is 0 Å². The number of hydrogen-bond donors (Lipinski definition) is 6. The molecule has 1 saturated heterocycles. The molecule has 0 spiro atoms. The molecule has 0 radical (unpaired) electrons. The highest BCUT2D eigenvalue weighted by Crippen LogP contribution is 2.33. The molecule has 0 saturated carbocycles. The molecule has 4 aromatic rings. The lowest BCUT2D eigenvalue weighted by atomic mass is 10.0. The first-order valence-electron chi connectivity index (χ1n) is 12.2. The number of nitrogens with one attached hydrogen (secondary N) is 1. The fourth-order valence-corrected chi connectivity index (χ4v) is 4.47. The first kappa shape index (κ1) is 26.1. The molecule has 1 amide bonds. The van der Waals surface area contributed by atoms with E-state index in [9.17, 15) is 25.2 Å². The Morgan fingerprint density at radius 2 is 1.87 bits per heavy atom. The van der Waals surface area contributed by atoms with Crippen molar-refractivity contribution in [2.45, 2.75) is 37.9 Å². The van der Waals surface area contributed by atoms with Crippen LogP contribution in [-0.2, 0) is 11.2 Å². The summed E-state index contributed by atoms with van der Waals surface area (Å²) in [5, 5.41) is 44.2. The zero-order chi connectivity index (χ0) is 27.7. The minimum atomic E-state index is -1.28. The number of nitrogens with two attached hydrogens (primary N) is 1. The number of ether oxygens (including phenoxy) is 1. The van der Waals surface area contributed by atoms with Crippen LogP contribution in [0, 0.1) is 6.92 Å². The first-order valence-corrected chi connectivity index (χ1v) is 12.2. The number of amides is 1. The summed E-state index contributed by atoms with van der Waals surface area (Å²) >= 11 is 0. The van der Waals surface area contributed by atoms with Gasteiger partial charge in [-0.05, 0) is 36.6 Å². The zero-order valence-electron chi connectivity index (χ0n) is 21.0. The summed E-state index contributed by atoms with van der Waals surface area (Å²) in [6.07, 6.45) is 1.83.